The Morgan fingerprint density at radius 1 is 1.00 bits per heavy atom. The number of hydrogen-bond acceptors (Lipinski definition) is 4. The van der Waals surface area contributed by atoms with Crippen LogP contribution < -0.4 is 4.90 Å². The minimum atomic E-state index is -0.0353. The van der Waals surface area contributed by atoms with Crippen molar-refractivity contribution in [1.29, 1.82) is 0 Å². The number of carbonyl (C=O) groups excluding carboxylic acids is 1. The molecule has 1 amide bonds. The van der Waals surface area contributed by atoms with E-state index in [2.05, 4.69) is 54.7 Å². The van der Waals surface area contributed by atoms with Crippen LogP contribution in [0.4, 0.5) is 5.82 Å². The van der Waals surface area contributed by atoms with E-state index in [9.17, 15) is 4.79 Å². The lowest BCUT2D eigenvalue weighted by molar-refractivity contribution is 0.0749. The molecule has 0 aliphatic carbocycles. The minimum absolute atomic E-state index is 0.0353. The van der Waals surface area contributed by atoms with E-state index in [1.165, 1.54) is 5.56 Å². The molecule has 1 aromatic heterocycles. The van der Waals surface area contributed by atoms with Gasteiger partial charge in [-0.3, -0.25) is 4.79 Å². The second-order valence-electron chi connectivity index (χ2n) is 6.76. The molecular formula is C21H30N4O. The second-order valence-corrected chi connectivity index (χ2v) is 6.76. The van der Waals surface area contributed by atoms with E-state index in [4.69, 9.17) is 0 Å². The highest BCUT2D eigenvalue weighted by Crippen LogP contribution is 2.17. The Labute approximate surface area is 157 Å². The Hall–Kier alpha value is -2.43. The largest absolute Gasteiger partial charge is 0.349 e. The van der Waals surface area contributed by atoms with Gasteiger partial charge in [-0.1, -0.05) is 44.2 Å². The van der Waals surface area contributed by atoms with E-state index in [-0.39, 0.29) is 11.9 Å². The van der Waals surface area contributed by atoms with E-state index in [1.54, 1.807) is 12.4 Å². The summed E-state index contributed by atoms with van der Waals surface area (Å²) in [6, 6.07) is 10.6. The average molecular weight is 354 g/mol. The number of anilines is 1. The molecule has 0 aliphatic rings. The molecule has 0 atom stereocenters. The van der Waals surface area contributed by atoms with Gasteiger partial charge in [0.1, 0.15) is 11.5 Å². The Bertz CT molecular complexity index is 664. The zero-order chi connectivity index (χ0) is 18.9. The number of aromatic nitrogens is 2. The monoisotopic (exact) mass is 354 g/mol. The average Bonchev–Trinajstić information content (AvgIpc) is 2.66. The van der Waals surface area contributed by atoms with Crippen molar-refractivity contribution in [3.8, 4) is 0 Å². The first kappa shape index (κ1) is 19.9. The molecule has 140 valence electrons. The molecule has 0 saturated heterocycles. The molecule has 0 radical (unpaired) electrons. The maximum atomic E-state index is 12.6. The second kappa shape index (κ2) is 9.90. The molecule has 0 spiro atoms. The first-order valence-electron chi connectivity index (χ1n) is 9.48. The van der Waals surface area contributed by atoms with Crippen LogP contribution in [0.15, 0.2) is 42.7 Å². The van der Waals surface area contributed by atoms with Crippen molar-refractivity contribution in [3.63, 3.8) is 0 Å². The number of rotatable bonds is 9. The highest BCUT2D eigenvalue weighted by Gasteiger charge is 2.18. The van der Waals surface area contributed by atoms with Crippen molar-refractivity contribution < 1.29 is 4.79 Å². The topological polar surface area (TPSA) is 49.3 Å². The fraction of sp³-hybridized carbons (Fsp3) is 0.476. The van der Waals surface area contributed by atoms with Crippen LogP contribution in [-0.4, -0.2) is 39.9 Å². The number of hydrogen-bond donors (Lipinski definition) is 0. The van der Waals surface area contributed by atoms with Gasteiger partial charge < -0.3 is 9.80 Å². The summed E-state index contributed by atoms with van der Waals surface area (Å²) in [6.07, 6.45) is 5.20. The zero-order valence-corrected chi connectivity index (χ0v) is 16.4. The maximum absolute atomic E-state index is 12.6. The van der Waals surface area contributed by atoms with E-state index in [0.717, 1.165) is 38.3 Å². The molecule has 0 unspecified atom stereocenters. The van der Waals surface area contributed by atoms with Gasteiger partial charge in [-0.05, 0) is 32.3 Å². The molecule has 0 aliphatic heterocycles. The number of carbonyl (C=O) groups is 1. The summed E-state index contributed by atoms with van der Waals surface area (Å²) in [5.74, 6) is 0.754. The van der Waals surface area contributed by atoms with Gasteiger partial charge in [0.15, 0.2) is 0 Å². The van der Waals surface area contributed by atoms with Crippen LogP contribution in [-0.2, 0) is 6.54 Å². The van der Waals surface area contributed by atoms with Gasteiger partial charge in [0, 0.05) is 25.7 Å². The summed E-state index contributed by atoms with van der Waals surface area (Å²) >= 11 is 0. The van der Waals surface area contributed by atoms with Crippen molar-refractivity contribution >= 4 is 11.7 Å². The van der Waals surface area contributed by atoms with Crippen LogP contribution in [0.1, 0.15) is 56.6 Å². The lowest BCUT2D eigenvalue weighted by Crippen LogP contribution is -2.34. The van der Waals surface area contributed by atoms with Gasteiger partial charge in [0.25, 0.3) is 5.91 Å². The third-order valence-electron chi connectivity index (χ3n) is 4.24. The van der Waals surface area contributed by atoms with Crippen molar-refractivity contribution in [2.24, 2.45) is 0 Å². The normalized spacial score (nSPS) is 10.8. The summed E-state index contributed by atoms with van der Waals surface area (Å²) in [4.78, 5) is 25.6. The lowest BCUT2D eigenvalue weighted by Gasteiger charge is -2.28. The highest BCUT2D eigenvalue weighted by molar-refractivity contribution is 5.92. The number of benzene rings is 1. The molecule has 5 nitrogen and oxygen atoms in total. The Morgan fingerprint density at radius 3 is 2.15 bits per heavy atom. The molecule has 0 bridgehead atoms. The molecule has 5 heteroatoms. The molecule has 2 rings (SSSR count). The number of nitrogens with zero attached hydrogens (tertiary/aromatic N) is 4. The quantitative estimate of drug-likeness (QED) is 0.679. The summed E-state index contributed by atoms with van der Waals surface area (Å²) < 4.78 is 0. The summed E-state index contributed by atoms with van der Waals surface area (Å²) in [5.41, 5.74) is 1.64. The predicted octanol–water partition coefficient (Wildman–Crippen LogP) is 4.15. The molecule has 26 heavy (non-hydrogen) atoms. The molecule has 0 N–H and O–H groups in total. The molecule has 0 saturated carbocycles. The molecule has 0 fully saturated rings. The van der Waals surface area contributed by atoms with E-state index in [0.29, 0.717) is 5.69 Å². The third kappa shape index (κ3) is 5.28. The van der Waals surface area contributed by atoms with Crippen molar-refractivity contribution in [1.82, 2.24) is 14.9 Å². The van der Waals surface area contributed by atoms with Crippen LogP contribution in [0.3, 0.4) is 0 Å². The van der Waals surface area contributed by atoms with Gasteiger partial charge in [0.2, 0.25) is 0 Å². The van der Waals surface area contributed by atoms with Crippen molar-refractivity contribution in [2.75, 3.05) is 18.0 Å². The van der Waals surface area contributed by atoms with Gasteiger partial charge in [-0.25, -0.2) is 9.97 Å². The molecular weight excluding hydrogens is 324 g/mol. The maximum Gasteiger partial charge on any atom is 0.274 e. The highest BCUT2D eigenvalue weighted by atomic mass is 16.2. The Kier molecular flexibility index (Phi) is 7.57. The van der Waals surface area contributed by atoms with E-state index in [1.807, 2.05) is 23.1 Å². The fourth-order valence-electron chi connectivity index (χ4n) is 2.90. The van der Waals surface area contributed by atoms with Gasteiger partial charge >= 0.3 is 0 Å². The van der Waals surface area contributed by atoms with Crippen molar-refractivity contribution in [2.45, 2.75) is 53.1 Å². The molecule has 2 aromatic rings. The summed E-state index contributed by atoms with van der Waals surface area (Å²) in [6.45, 7) is 10.7. The fourth-order valence-corrected chi connectivity index (χ4v) is 2.90. The number of amides is 1. The van der Waals surface area contributed by atoms with Gasteiger partial charge in [0.05, 0.1) is 12.4 Å². The Morgan fingerprint density at radius 2 is 1.65 bits per heavy atom. The van der Waals surface area contributed by atoms with Crippen LogP contribution in [0.2, 0.25) is 0 Å². The van der Waals surface area contributed by atoms with E-state index >= 15 is 0 Å². The van der Waals surface area contributed by atoms with Gasteiger partial charge in [-0.2, -0.15) is 0 Å². The lowest BCUT2D eigenvalue weighted by atomic mass is 10.2. The van der Waals surface area contributed by atoms with Crippen LogP contribution in [0, 0.1) is 0 Å². The predicted molar refractivity (Wildman–Crippen MR) is 106 cm³/mol. The molecule has 1 heterocycles. The zero-order valence-electron chi connectivity index (χ0n) is 16.4. The van der Waals surface area contributed by atoms with Crippen LogP contribution in [0.25, 0.3) is 0 Å². The van der Waals surface area contributed by atoms with Crippen LogP contribution in [0.5, 0.6) is 0 Å². The summed E-state index contributed by atoms with van der Waals surface area (Å²) in [5, 5.41) is 0. The Balaban J connectivity index is 2.16. The first-order chi connectivity index (χ1) is 12.6. The standard InChI is InChI=1S/C21H30N4O/c1-5-12-24(13-6-2)21(26)19-14-23-20(15-22-19)25(17(3)4)16-18-10-8-7-9-11-18/h7-11,14-15,17H,5-6,12-13,16H2,1-4H3. The van der Waals surface area contributed by atoms with Gasteiger partial charge in [-0.15, -0.1) is 0 Å². The SMILES string of the molecule is CCCN(CCC)C(=O)c1cnc(N(Cc2ccccc2)C(C)C)cn1. The minimum Gasteiger partial charge on any atom is -0.349 e. The van der Waals surface area contributed by atoms with E-state index < -0.39 is 0 Å². The van der Waals surface area contributed by atoms with Crippen molar-refractivity contribution in [3.05, 3.63) is 54.0 Å². The van der Waals surface area contributed by atoms with Crippen LogP contribution >= 0.6 is 0 Å². The smallest absolute Gasteiger partial charge is 0.274 e. The third-order valence-corrected chi connectivity index (χ3v) is 4.24. The summed E-state index contributed by atoms with van der Waals surface area (Å²) in [7, 11) is 0. The molecule has 1 aromatic carbocycles. The first-order valence-corrected chi connectivity index (χ1v) is 9.48.